The molecule has 1 N–H and O–H groups in total. The maximum atomic E-state index is 7.00. The number of hydrogen-bond donors (Lipinski definition) is 1. The van der Waals surface area contributed by atoms with Gasteiger partial charge in [-0.25, -0.2) is 0 Å². The zero-order valence-corrected chi connectivity index (χ0v) is 4.52. The van der Waals surface area contributed by atoms with Crippen LogP contribution in [0.2, 0.25) is 0 Å². The van der Waals surface area contributed by atoms with E-state index in [1.165, 1.54) is 0 Å². The van der Waals surface area contributed by atoms with Gasteiger partial charge in [-0.2, -0.15) is 0 Å². The summed E-state index contributed by atoms with van der Waals surface area (Å²) in [4.78, 5) is 0. The zero-order chi connectivity index (χ0) is 6.24. The minimum absolute atomic E-state index is 1.00. The average molecular weight is 113 g/mol. The van der Waals surface area contributed by atoms with Gasteiger partial charge in [0.1, 0.15) is 0 Å². The molecule has 1 heterocycles. The molecule has 0 amide bonds. The Labute approximate surface area is 47.2 Å². The van der Waals surface area contributed by atoms with Crippen LogP contribution in [0.15, 0.2) is 18.5 Å². The third kappa shape index (κ3) is 3.17. The number of hydrogen-bond acceptors (Lipinski definition) is 4. The second-order valence-corrected chi connectivity index (χ2v) is 0.811. The van der Waals surface area contributed by atoms with Gasteiger partial charge in [0, 0.05) is 7.11 Å². The van der Waals surface area contributed by atoms with Crippen molar-refractivity contribution in [3.8, 4) is 0 Å². The quantitative estimate of drug-likeness (QED) is 0.491. The smallest absolute Gasteiger partial charge is 0.0529 e. The highest BCUT2D eigenvalue weighted by Crippen LogP contribution is 1.61. The fourth-order valence-electron chi connectivity index (χ4n) is 0.205. The Kier molecular flexibility index (Phi) is 5.20. The Morgan fingerprint density at radius 3 is 1.75 bits per heavy atom. The Hall–Kier alpha value is -1.03. The molecule has 0 unspecified atom stereocenters. The van der Waals surface area contributed by atoms with E-state index in [2.05, 4.69) is 15.4 Å². The lowest BCUT2D eigenvalue weighted by atomic mass is 10.7. The molecule has 1 rings (SSSR count). The van der Waals surface area contributed by atoms with Crippen LogP contribution in [-0.2, 0) is 0 Å². The van der Waals surface area contributed by atoms with Crippen LogP contribution in [0.4, 0.5) is 0 Å². The number of aliphatic hydroxyl groups is 1. The van der Waals surface area contributed by atoms with E-state index in [4.69, 9.17) is 5.11 Å². The van der Waals surface area contributed by atoms with Gasteiger partial charge in [-0.1, -0.05) is 0 Å². The summed E-state index contributed by atoms with van der Waals surface area (Å²) in [5, 5.41) is 17.1. The Morgan fingerprint density at radius 1 is 1.12 bits per heavy atom. The Balaban J connectivity index is 0.000000222. The van der Waals surface area contributed by atoms with E-state index >= 15 is 0 Å². The van der Waals surface area contributed by atoms with Crippen molar-refractivity contribution < 1.29 is 5.11 Å². The summed E-state index contributed by atoms with van der Waals surface area (Å²) in [7, 11) is 1.00. The Bertz CT molecular complexity index is 83.2. The molecular formula is C4H7N3O. The van der Waals surface area contributed by atoms with Crippen molar-refractivity contribution in [2.24, 2.45) is 0 Å². The standard InChI is InChI=1S/C3H3N3.CH4O/c1-2-4-6-5-3-1;1-2/h1-3H;2H,1H3. The molecule has 0 aromatic carbocycles. The van der Waals surface area contributed by atoms with E-state index in [1.54, 1.807) is 18.5 Å². The van der Waals surface area contributed by atoms with Crippen LogP contribution in [0, 0.1) is 0 Å². The molecule has 1 aromatic rings. The van der Waals surface area contributed by atoms with Gasteiger partial charge < -0.3 is 5.11 Å². The summed E-state index contributed by atoms with van der Waals surface area (Å²) in [6, 6.07) is 1.72. The minimum atomic E-state index is 1.00. The topological polar surface area (TPSA) is 58.9 Å². The molecule has 4 nitrogen and oxygen atoms in total. The van der Waals surface area contributed by atoms with Crippen molar-refractivity contribution in [3.05, 3.63) is 18.5 Å². The molecule has 0 atom stereocenters. The fraction of sp³-hybridized carbons (Fsp3) is 0.250. The maximum Gasteiger partial charge on any atom is 0.0529 e. The number of nitrogens with zero attached hydrogens (tertiary/aromatic N) is 3. The number of aliphatic hydroxyl groups excluding tert-OH is 1. The minimum Gasteiger partial charge on any atom is -0.400 e. The van der Waals surface area contributed by atoms with E-state index in [9.17, 15) is 0 Å². The highest BCUT2D eigenvalue weighted by atomic mass is 16.2. The molecule has 0 radical (unpaired) electrons. The predicted octanol–water partition coefficient (Wildman–Crippen LogP) is -0.520. The van der Waals surface area contributed by atoms with E-state index in [-0.39, 0.29) is 0 Å². The van der Waals surface area contributed by atoms with E-state index in [0.717, 1.165) is 7.11 Å². The lowest BCUT2D eigenvalue weighted by Crippen LogP contribution is -1.78. The van der Waals surface area contributed by atoms with Crippen molar-refractivity contribution in [2.45, 2.75) is 0 Å². The summed E-state index contributed by atoms with van der Waals surface area (Å²) >= 11 is 0. The van der Waals surface area contributed by atoms with Crippen molar-refractivity contribution in [1.82, 2.24) is 15.4 Å². The third-order valence-electron chi connectivity index (χ3n) is 0.409. The molecule has 0 bridgehead atoms. The first kappa shape index (κ1) is 6.97. The van der Waals surface area contributed by atoms with Gasteiger partial charge in [-0.3, -0.25) is 0 Å². The van der Waals surface area contributed by atoms with Crippen LogP contribution in [-0.4, -0.2) is 27.6 Å². The molecule has 0 spiro atoms. The first-order valence-electron chi connectivity index (χ1n) is 2.03. The summed E-state index contributed by atoms with van der Waals surface area (Å²) in [5.41, 5.74) is 0. The highest BCUT2D eigenvalue weighted by molar-refractivity contribution is 4.69. The summed E-state index contributed by atoms with van der Waals surface area (Å²) in [5.74, 6) is 0. The average Bonchev–Trinajstić information content (AvgIpc) is 1.96. The molecular weight excluding hydrogens is 106 g/mol. The van der Waals surface area contributed by atoms with Crippen LogP contribution in [0.5, 0.6) is 0 Å². The van der Waals surface area contributed by atoms with Gasteiger partial charge in [0.05, 0.1) is 12.4 Å². The predicted molar refractivity (Wildman–Crippen MR) is 28.0 cm³/mol. The van der Waals surface area contributed by atoms with Crippen molar-refractivity contribution in [3.63, 3.8) is 0 Å². The van der Waals surface area contributed by atoms with Crippen molar-refractivity contribution in [2.75, 3.05) is 7.11 Å². The molecule has 0 aliphatic rings. The fourth-order valence-corrected chi connectivity index (χ4v) is 0.205. The molecule has 0 saturated heterocycles. The molecule has 44 valence electrons. The van der Waals surface area contributed by atoms with Gasteiger partial charge >= 0.3 is 0 Å². The number of aromatic nitrogens is 3. The monoisotopic (exact) mass is 113 g/mol. The molecule has 0 aliphatic carbocycles. The summed E-state index contributed by atoms with van der Waals surface area (Å²) < 4.78 is 0. The van der Waals surface area contributed by atoms with Gasteiger partial charge in [0.25, 0.3) is 0 Å². The summed E-state index contributed by atoms with van der Waals surface area (Å²) in [6.45, 7) is 0. The number of rotatable bonds is 0. The molecule has 0 aliphatic heterocycles. The summed E-state index contributed by atoms with van der Waals surface area (Å²) in [6.07, 6.45) is 3.15. The SMILES string of the molecule is CO.c1cnnnc1. The second-order valence-electron chi connectivity index (χ2n) is 0.811. The molecule has 0 fully saturated rings. The van der Waals surface area contributed by atoms with Gasteiger partial charge in [0.15, 0.2) is 0 Å². The van der Waals surface area contributed by atoms with Crippen LogP contribution in [0.1, 0.15) is 0 Å². The van der Waals surface area contributed by atoms with Crippen molar-refractivity contribution >= 4 is 0 Å². The van der Waals surface area contributed by atoms with Gasteiger partial charge in [0.2, 0.25) is 0 Å². The van der Waals surface area contributed by atoms with E-state index in [1.807, 2.05) is 0 Å². The van der Waals surface area contributed by atoms with Gasteiger partial charge in [-0.05, 0) is 11.3 Å². The van der Waals surface area contributed by atoms with E-state index < -0.39 is 0 Å². The first-order valence-corrected chi connectivity index (χ1v) is 2.03. The highest BCUT2D eigenvalue weighted by Gasteiger charge is 1.60. The van der Waals surface area contributed by atoms with Crippen LogP contribution in [0.25, 0.3) is 0 Å². The molecule has 8 heavy (non-hydrogen) atoms. The molecule has 0 saturated carbocycles. The second kappa shape index (κ2) is 5.97. The van der Waals surface area contributed by atoms with Crippen molar-refractivity contribution in [1.29, 1.82) is 0 Å². The first-order chi connectivity index (χ1) is 4.00. The lowest BCUT2D eigenvalue weighted by molar-refractivity contribution is 0.399. The van der Waals surface area contributed by atoms with Crippen LogP contribution >= 0.6 is 0 Å². The Morgan fingerprint density at radius 2 is 1.62 bits per heavy atom. The van der Waals surface area contributed by atoms with E-state index in [0.29, 0.717) is 0 Å². The normalized spacial score (nSPS) is 6.75. The maximum absolute atomic E-state index is 7.00. The molecule has 4 heteroatoms. The van der Waals surface area contributed by atoms with Crippen LogP contribution in [0.3, 0.4) is 0 Å². The molecule has 1 aromatic heterocycles. The lowest BCUT2D eigenvalue weighted by Gasteiger charge is -1.68. The van der Waals surface area contributed by atoms with Gasteiger partial charge in [-0.15, -0.1) is 10.2 Å². The third-order valence-corrected chi connectivity index (χ3v) is 0.409. The zero-order valence-electron chi connectivity index (χ0n) is 4.52. The largest absolute Gasteiger partial charge is 0.400 e. The van der Waals surface area contributed by atoms with Crippen LogP contribution < -0.4 is 0 Å².